The van der Waals surface area contributed by atoms with E-state index in [2.05, 4.69) is 227 Å². The molecular weight excluding hydrogens is 1250 g/mol. The van der Waals surface area contributed by atoms with E-state index < -0.39 is 0 Å². The average molecular weight is 1350 g/mol. The van der Waals surface area contributed by atoms with Crippen molar-refractivity contribution >= 4 is 83.4 Å². The van der Waals surface area contributed by atoms with Gasteiger partial charge in [-0.1, -0.05) is 172 Å². The van der Waals surface area contributed by atoms with E-state index in [-0.39, 0.29) is 19.2 Å². The maximum Gasteiger partial charge on any atom is 0.338 e. The molecule has 11 nitrogen and oxygen atoms in total. The number of nitrogens with zero attached hydrogens (tertiary/aromatic N) is 4. The second kappa shape index (κ2) is 36.9. The number of aromatic nitrogens is 4. The zero-order valence-electron chi connectivity index (χ0n) is 58.6. The van der Waals surface area contributed by atoms with Crippen LogP contribution in [0.3, 0.4) is 0 Å². The molecule has 100 heavy (non-hydrogen) atoms. The van der Waals surface area contributed by atoms with Gasteiger partial charge in [0.15, 0.2) is 0 Å². The number of hydrogen-bond acceptors (Lipinski definition) is 11. The molecule has 510 valence electrons. The lowest BCUT2D eigenvalue weighted by molar-refractivity contribution is 0.0471. The highest BCUT2D eigenvalue weighted by Gasteiger charge is 2.16. The first-order chi connectivity index (χ1) is 48.8. The molecule has 0 aliphatic carbocycles. The number of benzene rings is 9. The number of hydrogen-bond donors (Lipinski definition) is 5. The maximum absolute atomic E-state index is 12.4. The smallest absolute Gasteiger partial charge is 0.338 e. The monoisotopic (exact) mass is 1340 g/mol. The summed E-state index contributed by atoms with van der Waals surface area (Å²) < 4.78 is 5.55. The minimum absolute atomic E-state index is 0.0985. The Morgan fingerprint density at radius 1 is 0.380 bits per heavy atom. The van der Waals surface area contributed by atoms with Crippen LogP contribution in [0.4, 0.5) is 22.7 Å². The molecule has 4 atom stereocenters. The highest BCUT2D eigenvalue weighted by atomic mass is 35.5. The van der Waals surface area contributed by atoms with Crippen LogP contribution in [-0.4, -0.2) is 57.2 Å². The number of carbonyl (C=O) groups is 1. The van der Waals surface area contributed by atoms with Crippen LogP contribution in [0.15, 0.2) is 262 Å². The van der Waals surface area contributed by atoms with Crippen LogP contribution in [0.5, 0.6) is 0 Å². The first-order valence-electron chi connectivity index (χ1n) is 35.0. The molecule has 0 aliphatic rings. The van der Waals surface area contributed by atoms with Gasteiger partial charge in [0, 0.05) is 149 Å². The molecule has 5 N–H and O–H groups in total. The third-order valence-electron chi connectivity index (χ3n) is 18.7. The van der Waals surface area contributed by atoms with Crippen molar-refractivity contribution in [2.45, 2.75) is 111 Å². The summed E-state index contributed by atoms with van der Waals surface area (Å²) in [7, 11) is 0. The van der Waals surface area contributed by atoms with E-state index in [4.69, 9.17) is 21.4 Å². The van der Waals surface area contributed by atoms with Crippen molar-refractivity contribution in [3.63, 3.8) is 0 Å². The minimum atomic E-state index is -0.279. The van der Waals surface area contributed by atoms with Gasteiger partial charge < -0.3 is 31.1 Å². The SMILES string of the molecule is CCC(CNc1ccc2cnccc2c1)c1ccc(C)cc1.CCC(CNc1ccc2cnccc2c1)c1ccc(CO)cc1.CCC(CNc1ccc2cnccc2c1)c1ccc(COC(=O)c2ccc(C)cc2C)cc1.CCC(CNc1ccc2cnccc2c1)c1ccc(Cl)cc1. The van der Waals surface area contributed by atoms with E-state index in [1.165, 1.54) is 60.4 Å². The normalized spacial score (nSPS) is 12.1. The highest BCUT2D eigenvalue weighted by molar-refractivity contribution is 6.30. The summed E-state index contributed by atoms with van der Waals surface area (Å²) in [5.41, 5.74) is 15.8. The van der Waals surface area contributed by atoms with E-state index in [1.54, 1.807) is 0 Å². The van der Waals surface area contributed by atoms with Gasteiger partial charge >= 0.3 is 5.97 Å². The van der Waals surface area contributed by atoms with E-state index in [9.17, 15) is 4.79 Å². The van der Waals surface area contributed by atoms with Gasteiger partial charge in [0.2, 0.25) is 0 Å². The Bertz CT molecular complexity index is 4570. The van der Waals surface area contributed by atoms with E-state index >= 15 is 0 Å². The maximum atomic E-state index is 12.4. The first kappa shape index (κ1) is 72.3. The number of fused-ring (bicyclic) bond motifs is 4. The summed E-state index contributed by atoms with van der Waals surface area (Å²) in [6.45, 7) is 18.9. The Balaban J connectivity index is 0.000000146. The summed E-state index contributed by atoms with van der Waals surface area (Å²) in [6, 6.07) is 73.2. The van der Waals surface area contributed by atoms with Crippen molar-refractivity contribution in [2.75, 3.05) is 47.4 Å². The number of halogens is 1. The van der Waals surface area contributed by atoms with Gasteiger partial charge in [-0.25, -0.2) is 4.79 Å². The van der Waals surface area contributed by atoms with Crippen molar-refractivity contribution in [3.05, 3.63) is 323 Å². The zero-order valence-corrected chi connectivity index (χ0v) is 59.4. The predicted octanol–water partition coefficient (Wildman–Crippen LogP) is 21.8. The largest absolute Gasteiger partial charge is 0.457 e. The number of aliphatic hydroxyl groups excluding tert-OH is 1. The van der Waals surface area contributed by atoms with Crippen LogP contribution in [-0.2, 0) is 18.0 Å². The lowest BCUT2D eigenvalue weighted by Gasteiger charge is -2.18. The average Bonchev–Trinajstić information content (AvgIpc) is 0.894. The van der Waals surface area contributed by atoms with E-state index in [0.717, 1.165) is 112 Å². The highest BCUT2D eigenvalue weighted by Crippen LogP contribution is 2.29. The predicted molar refractivity (Wildman–Crippen MR) is 420 cm³/mol. The molecule has 0 aliphatic heterocycles. The minimum Gasteiger partial charge on any atom is -0.457 e. The van der Waals surface area contributed by atoms with Crippen molar-refractivity contribution in [1.82, 2.24) is 19.9 Å². The van der Waals surface area contributed by atoms with Crippen LogP contribution in [0.2, 0.25) is 5.02 Å². The number of rotatable bonds is 24. The second-order valence-electron chi connectivity index (χ2n) is 25.7. The van der Waals surface area contributed by atoms with Crippen molar-refractivity contribution in [2.24, 2.45) is 0 Å². The fourth-order valence-corrected chi connectivity index (χ4v) is 12.5. The number of nitrogens with one attached hydrogen (secondary N) is 4. The summed E-state index contributed by atoms with van der Waals surface area (Å²) in [5, 5.41) is 33.6. The second-order valence-corrected chi connectivity index (χ2v) is 26.1. The number of aryl methyl sites for hydroxylation is 3. The number of carbonyl (C=O) groups excluding carboxylic acids is 1. The molecule has 4 heterocycles. The molecule has 4 unspecified atom stereocenters. The molecule has 0 saturated heterocycles. The van der Waals surface area contributed by atoms with Gasteiger partial charge in [-0.3, -0.25) is 19.9 Å². The van der Waals surface area contributed by atoms with Gasteiger partial charge in [0.05, 0.1) is 12.2 Å². The Labute approximate surface area is 595 Å². The number of aliphatic hydroxyl groups is 1. The number of pyridine rings is 4. The summed E-state index contributed by atoms with van der Waals surface area (Å²) >= 11 is 5.97. The Kier molecular flexibility index (Phi) is 26.7. The number of ether oxygens (including phenoxy) is 1. The zero-order chi connectivity index (χ0) is 70.0. The lowest BCUT2D eigenvalue weighted by Crippen LogP contribution is -2.12. The third kappa shape index (κ3) is 20.8. The first-order valence-corrected chi connectivity index (χ1v) is 35.4. The van der Waals surface area contributed by atoms with Crippen molar-refractivity contribution < 1.29 is 14.6 Å². The van der Waals surface area contributed by atoms with Crippen LogP contribution < -0.4 is 21.3 Å². The van der Waals surface area contributed by atoms with E-state index in [0.29, 0.717) is 29.2 Å². The Morgan fingerprint density at radius 2 is 0.700 bits per heavy atom. The van der Waals surface area contributed by atoms with E-state index in [1.807, 2.05) is 124 Å². The summed E-state index contributed by atoms with van der Waals surface area (Å²) in [6.07, 6.45) is 19.2. The molecule has 0 saturated carbocycles. The fourth-order valence-electron chi connectivity index (χ4n) is 12.4. The third-order valence-corrected chi connectivity index (χ3v) is 18.9. The van der Waals surface area contributed by atoms with Gasteiger partial charge in [-0.15, -0.1) is 0 Å². The van der Waals surface area contributed by atoms with Crippen LogP contribution in [0, 0.1) is 20.8 Å². The van der Waals surface area contributed by atoms with Crippen molar-refractivity contribution in [3.8, 4) is 0 Å². The molecule has 0 bridgehead atoms. The van der Waals surface area contributed by atoms with Crippen LogP contribution in [0.25, 0.3) is 43.1 Å². The molecular formula is C88H93ClN8O3. The molecule has 4 aromatic heterocycles. The Morgan fingerprint density at radius 3 is 1.03 bits per heavy atom. The standard InChI is InChI=1S/C29H30N2O2.C20H22N2O.C20H22N2.C19H19ClN2/c1-4-23(18-31-27-11-10-26-17-30-14-13-25(26)16-27)24-8-6-22(7-9-24)19-33-29(32)28-12-5-20(2)15-21(28)3;1-2-16(17-5-3-15(14-23)4-6-17)13-22-20-8-7-19-12-21-10-9-18(19)11-20;1-3-16(17-6-4-15(2)5-7-17)14-22-20-9-8-19-13-21-11-10-18(19)12-20;1-2-14(15-3-6-18(20)7-4-15)13-22-19-8-5-17-12-21-10-9-16(17)11-19/h5-17,23,31H,4,18-19H2,1-3H3;3-12,16,22-23H,2,13-14H2,1H3;4-13,16,22H,3,14H2,1-2H3;3-12,14,22H,2,13H2,1H3. The van der Waals surface area contributed by atoms with Gasteiger partial charge in [-0.2, -0.15) is 0 Å². The topological polar surface area (TPSA) is 146 Å². The number of esters is 1. The molecule has 13 rings (SSSR count). The quantitative estimate of drug-likeness (QED) is 0.0369. The van der Waals surface area contributed by atoms with Gasteiger partial charge in [0.25, 0.3) is 0 Å². The molecule has 13 aromatic rings. The number of anilines is 4. The van der Waals surface area contributed by atoms with Crippen LogP contribution in [0.1, 0.15) is 137 Å². The molecule has 0 amide bonds. The molecule has 9 aromatic carbocycles. The molecule has 0 spiro atoms. The molecule has 0 radical (unpaired) electrons. The summed E-state index contributed by atoms with van der Waals surface area (Å²) in [5.74, 6) is 1.58. The van der Waals surface area contributed by atoms with Gasteiger partial charge in [0.1, 0.15) is 6.61 Å². The van der Waals surface area contributed by atoms with Crippen molar-refractivity contribution in [1.29, 1.82) is 0 Å². The Hall–Kier alpha value is -10.5. The molecule has 0 fully saturated rings. The lowest BCUT2D eigenvalue weighted by atomic mass is 9.95. The fraction of sp³-hybridized carbons (Fsp3) is 0.239. The molecule has 12 heteroatoms. The van der Waals surface area contributed by atoms with Gasteiger partial charge in [-0.05, 0) is 198 Å². The summed E-state index contributed by atoms with van der Waals surface area (Å²) in [4.78, 5) is 29.1. The van der Waals surface area contributed by atoms with Crippen LogP contribution >= 0.6 is 11.6 Å².